The van der Waals surface area contributed by atoms with Crippen molar-refractivity contribution in [3.63, 3.8) is 0 Å². The zero-order chi connectivity index (χ0) is 18.4. The van der Waals surface area contributed by atoms with Crippen LogP contribution in [0.25, 0.3) is 0 Å². The van der Waals surface area contributed by atoms with E-state index < -0.39 is 27.8 Å². The zero-order valence-corrected chi connectivity index (χ0v) is 14.5. The molecule has 132 valence electrons. The highest BCUT2D eigenvalue weighted by molar-refractivity contribution is 7.84. The SMILES string of the molecule is NC(N)=[NH+]S(=O)(=O)c1ccc(N2C(=O)[C@H]3CC=C(Cl)C[C@H]3C2=O)cc1. The molecule has 0 bridgehead atoms. The summed E-state index contributed by atoms with van der Waals surface area (Å²) in [7, 11) is -3.91. The lowest BCUT2D eigenvalue weighted by Gasteiger charge is -2.17. The van der Waals surface area contributed by atoms with Gasteiger partial charge in [0.1, 0.15) is 4.90 Å². The number of nitrogens with one attached hydrogen (secondary N) is 1. The minimum Gasteiger partial charge on any atom is -0.290 e. The molecule has 1 fully saturated rings. The van der Waals surface area contributed by atoms with Crippen LogP contribution in [0.15, 0.2) is 40.3 Å². The standard InChI is InChI=1S/C15H15ClN4O4S/c16-8-1-6-11-12(7-8)14(22)20(13(11)21)9-2-4-10(5-3-9)25(23,24)19-15(17)18/h1-5,11-12H,6-7H2,(H4,17,18,19)/p+1/t11-,12+/m0/s1. The third kappa shape index (κ3) is 3.12. The van der Waals surface area contributed by atoms with Crippen molar-refractivity contribution in [3.8, 4) is 0 Å². The van der Waals surface area contributed by atoms with E-state index >= 15 is 0 Å². The van der Waals surface area contributed by atoms with Crippen LogP contribution in [0.4, 0.5) is 5.69 Å². The molecule has 8 nitrogen and oxygen atoms in total. The first-order chi connectivity index (χ1) is 11.7. The number of carbonyl (C=O) groups is 2. The fraction of sp³-hybridized carbons (Fsp3) is 0.267. The number of imide groups is 1. The maximum absolute atomic E-state index is 12.6. The summed E-state index contributed by atoms with van der Waals surface area (Å²) in [6.07, 6.45) is 2.52. The van der Waals surface area contributed by atoms with Gasteiger partial charge in [0.2, 0.25) is 11.8 Å². The summed E-state index contributed by atoms with van der Waals surface area (Å²) < 4.78 is 25.9. The molecular formula is C15H16ClN4O4S+. The Hall–Kier alpha value is -2.39. The lowest BCUT2D eigenvalue weighted by molar-refractivity contribution is -0.270. The Bertz CT molecular complexity index is 904. The second-order valence-corrected chi connectivity index (χ2v) is 8.04. The lowest BCUT2D eigenvalue weighted by Crippen LogP contribution is -2.80. The van der Waals surface area contributed by atoms with Crippen molar-refractivity contribution in [3.05, 3.63) is 35.4 Å². The van der Waals surface area contributed by atoms with Gasteiger partial charge in [-0.15, -0.1) is 0 Å². The molecule has 10 heteroatoms. The van der Waals surface area contributed by atoms with Gasteiger partial charge in [0, 0.05) is 5.03 Å². The van der Waals surface area contributed by atoms with Crippen LogP contribution >= 0.6 is 11.6 Å². The molecule has 0 aromatic heterocycles. The average molecular weight is 384 g/mol. The summed E-state index contributed by atoms with van der Waals surface area (Å²) in [4.78, 5) is 26.1. The number of hydrogen-bond acceptors (Lipinski definition) is 4. The van der Waals surface area contributed by atoms with Gasteiger partial charge < -0.3 is 0 Å². The summed E-state index contributed by atoms with van der Waals surface area (Å²) >= 11 is 5.99. The summed E-state index contributed by atoms with van der Waals surface area (Å²) in [6, 6.07) is 5.33. The van der Waals surface area contributed by atoms with Gasteiger partial charge in [0.15, 0.2) is 0 Å². The number of sulfonamides is 1. The Morgan fingerprint density at radius 3 is 2.32 bits per heavy atom. The van der Waals surface area contributed by atoms with E-state index in [0.29, 0.717) is 23.6 Å². The van der Waals surface area contributed by atoms with Gasteiger partial charge in [-0.05, 0) is 37.1 Å². The lowest BCUT2D eigenvalue weighted by atomic mass is 9.85. The van der Waals surface area contributed by atoms with Crippen molar-refractivity contribution in [2.75, 3.05) is 4.90 Å². The van der Waals surface area contributed by atoms with Crippen LogP contribution in [0, 0.1) is 11.8 Å². The van der Waals surface area contributed by atoms with Crippen molar-refractivity contribution in [1.29, 1.82) is 0 Å². The number of carbonyl (C=O) groups excluding carboxylic acids is 2. The number of nitrogens with two attached hydrogens (primary N) is 2. The maximum Gasteiger partial charge on any atom is 0.353 e. The average Bonchev–Trinajstić information content (AvgIpc) is 2.77. The molecule has 25 heavy (non-hydrogen) atoms. The fourth-order valence-corrected chi connectivity index (χ4v) is 4.25. The minimum atomic E-state index is -3.91. The van der Waals surface area contributed by atoms with E-state index in [1.165, 1.54) is 24.3 Å². The zero-order valence-electron chi connectivity index (χ0n) is 13.0. The van der Waals surface area contributed by atoms with Crippen LogP contribution in [0.3, 0.4) is 0 Å². The van der Waals surface area contributed by atoms with E-state index in [-0.39, 0.29) is 16.7 Å². The van der Waals surface area contributed by atoms with Crippen LogP contribution in [-0.2, 0) is 19.6 Å². The van der Waals surface area contributed by atoms with Gasteiger partial charge in [-0.2, -0.15) is 12.8 Å². The van der Waals surface area contributed by atoms with Crippen LogP contribution in [-0.4, -0.2) is 26.2 Å². The number of halogens is 1. The monoisotopic (exact) mass is 383 g/mol. The van der Waals surface area contributed by atoms with Gasteiger partial charge in [0.25, 0.3) is 0 Å². The number of fused-ring (bicyclic) bond motifs is 1. The van der Waals surface area contributed by atoms with Gasteiger partial charge in [-0.3, -0.25) is 26.0 Å². The largest absolute Gasteiger partial charge is 0.353 e. The van der Waals surface area contributed by atoms with E-state index in [2.05, 4.69) is 0 Å². The second kappa shape index (κ2) is 6.16. The highest BCUT2D eigenvalue weighted by Gasteiger charge is 2.48. The predicted octanol–water partition coefficient (Wildman–Crippen LogP) is -1.25. The van der Waals surface area contributed by atoms with Crippen LogP contribution in [0.5, 0.6) is 0 Å². The van der Waals surface area contributed by atoms with Crippen molar-refractivity contribution < 1.29 is 22.4 Å². The first-order valence-electron chi connectivity index (χ1n) is 7.44. The van der Waals surface area contributed by atoms with E-state index in [1.54, 1.807) is 6.08 Å². The molecule has 0 spiro atoms. The molecule has 2 atom stereocenters. The Balaban J connectivity index is 1.90. The molecule has 1 saturated heterocycles. The summed E-state index contributed by atoms with van der Waals surface area (Å²) in [6.45, 7) is 0. The number of hydrogen-bond donors (Lipinski definition) is 3. The van der Waals surface area contributed by atoms with Crippen molar-refractivity contribution >= 4 is 45.1 Å². The Kier molecular flexibility index (Phi) is 4.29. The smallest absolute Gasteiger partial charge is 0.290 e. The highest BCUT2D eigenvalue weighted by atomic mass is 35.5. The Morgan fingerprint density at radius 1 is 1.12 bits per heavy atom. The quantitative estimate of drug-likeness (QED) is 0.339. The number of rotatable bonds is 3. The normalized spacial score (nSPS) is 23.2. The molecule has 2 amide bonds. The number of benzene rings is 1. The molecule has 0 unspecified atom stereocenters. The highest BCUT2D eigenvalue weighted by Crippen LogP contribution is 2.40. The molecule has 1 aromatic rings. The van der Waals surface area contributed by atoms with E-state index in [4.69, 9.17) is 23.1 Å². The van der Waals surface area contributed by atoms with Gasteiger partial charge in [-0.25, -0.2) is 0 Å². The first-order valence-corrected chi connectivity index (χ1v) is 9.30. The Labute approximate surface area is 149 Å². The van der Waals surface area contributed by atoms with Crippen molar-refractivity contribution in [2.24, 2.45) is 23.3 Å². The molecule has 5 N–H and O–H groups in total. The molecule has 2 aliphatic rings. The number of guanidine groups is 1. The van der Waals surface area contributed by atoms with Crippen LogP contribution in [0.1, 0.15) is 12.8 Å². The van der Waals surface area contributed by atoms with E-state index in [9.17, 15) is 18.0 Å². The number of anilines is 1. The fourth-order valence-electron chi connectivity index (χ4n) is 3.07. The first kappa shape index (κ1) is 17.4. The number of nitrogens with zero attached hydrogens (tertiary/aromatic N) is 1. The summed E-state index contributed by atoms with van der Waals surface area (Å²) in [5.41, 5.74) is 10.6. The molecular weight excluding hydrogens is 368 g/mol. The summed E-state index contributed by atoms with van der Waals surface area (Å²) in [5, 5.41) is 0.576. The van der Waals surface area contributed by atoms with Crippen molar-refractivity contribution in [1.82, 2.24) is 0 Å². The van der Waals surface area contributed by atoms with Gasteiger partial charge >= 0.3 is 16.0 Å². The Morgan fingerprint density at radius 2 is 1.72 bits per heavy atom. The molecule has 0 radical (unpaired) electrons. The van der Waals surface area contributed by atoms with Gasteiger partial charge in [-0.1, -0.05) is 17.7 Å². The molecule has 1 aliphatic carbocycles. The number of allylic oxidation sites excluding steroid dienone is 2. The van der Waals surface area contributed by atoms with Crippen LogP contribution in [0.2, 0.25) is 0 Å². The number of amides is 2. The van der Waals surface area contributed by atoms with E-state index in [0.717, 1.165) is 4.90 Å². The van der Waals surface area contributed by atoms with Crippen molar-refractivity contribution in [2.45, 2.75) is 17.7 Å². The second-order valence-electron chi connectivity index (χ2n) is 5.87. The molecule has 3 rings (SSSR count). The summed E-state index contributed by atoms with van der Waals surface area (Å²) in [5.74, 6) is -1.98. The third-order valence-corrected chi connectivity index (χ3v) is 5.93. The van der Waals surface area contributed by atoms with E-state index in [1.807, 2.05) is 4.40 Å². The minimum absolute atomic E-state index is 0.0918. The molecule has 1 aliphatic heterocycles. The van der Waals surface area contributed by atoms with Crippen LogP contribution < -0.4 is 20.8 Å². The topological polar surface area (TPSA) is 138 Å². The molecule has 1 aromatic carbocycles. The third-order valence-electron chi connectivity index (χ3n) is 4.23. The molecule has 1 heterocycles. The molecule has 0 saturated carbocycles. The maximum atomic E-state index is 12.6. The van der Waals surface area contributed by atoms with Gasteiger partial charge in [0.05, 0.1) is 17.5 Å². The predicted molar refractivity (Wildman–Crippen MR) is 90.6 cm³/mol.